The van der Waals surface area contributed by atoms with Crippen LogP contribution in [0.4, 0.5) is 0 Å². The molecule has 0 radical (unpaired) electrons. The van der Waals surface area contributed by atoms with Crippen molar-refractivity contribution in [2.45, 2.75) is 9.33 Å². The molecule has 0 aromatic rings. The molecule has 0 spiro atoms. The first kappa shape index (κ1) is 16.3. The number of hydrogen-bond donors (Lipinski definition) is 1. The van der Waals surface area contributed by atoms with E-state index in [1.54, 1.807) is 46.0 Å². The van der Waals surface area contributed by atoms with Crippen molar-refractivity contribution >= 4 is 136 Å². The summed E-state index contributed by atoms with van der Waals surface area (Å²) >= 11 is 11.7. The second-order valence-corrected chi connectivity index (χ2v) is 10.4. The normalized spacial score (nSPS) is 20.2. The molecule has 1 N–H and O–H groups in total. The summed E-state index contributed by atoms with van der Waals surface area (Å²) in [5.41, 5.74) is 0. The van der Waals surface area contributed by atoms with Crippen LogP contribution in [0.1, 0.15) is 0 Å². The van der Waals surface area contributed by atoms with Gasteiger partial charge in [0.05, 0.1) is 0 Å². The van der Waals surface area contributed by atoms with Gasteiger partial charge in [0.25, 0.3) is 0 Å². The van der Waals surface area contributed by atoms with Gasteiger partial charge in [0.2, 0.25) is 5.22 Å². The van der Waals surface area contributed by atoms with E-state index in [0.29, 0.717) is 0 Å². The Bertz CT molecular complexity index is 151. The molecule has 0 amide bonds. The van der Waals surface area contributed by atoms with Crippen LogP contribution in [0, 0.1) is 0 Å². The highest BCUT2D eigenvalue weighted by molar-refractivity contribution is 14.2. The molecule has 0 aliphatic heterocycles. The van der Waals surface area contributed by atoms with E-state index < -0.39 is 9.33 Å². The predicted molar refractivity (Wildman–Crippen MR) is 97.8 cm³/mol. The molecule has 0 saturated carbocycles. The van der Waals surface area contributed by atoms with Crippen molar-refractivity contribution in [3.63, 3.8) is 0 Å². The quantitative estimate of drug-likeness (QED) is 0.342. The molecule has 0 saturated heterocycles. The van der Waals surface area contributed by atoms with Gasteiger partial charge in [-0.05, 0) is 90.4 Å². The van der Waals surface area contributed by atoms with Crippen molar-refractivity contribution in [1.82, 2.24) is 0 Å². The third-order valence-electron chi connectivity index (χ3n) is 0.912. The molecule has 2 atom stereocenters. The Hall–Kier alpha value is 4.26. The minimum Gasteiger partial charge on any atom is -0.379 e. The zero-order chi connectivity index (χ0) is 9.99. The topological polar surface area (TPSA) is 38.7 Å². The van der Waals surface area contributed by atoms with Crippen LogP contribution in [0.25, 0.3) is 0 Å². The number of halogens is 6. The molecule has 0 heterocycles. The first-order chi connectivity index (χ1) is 5.31. The first-order valence-electron chi connectivity index (χ1n) is 2.30. The summed E-state index contributed by atoms with van der Waals surface area (Å²) in [5, 5.41) is 9.49. The highest BCUT2D eigenvalue weighted by atomic mass is 127. The molecule has 3 nitrogen and oxygen atoms in total. The fourth-order valence-electron chi connectivity index (χ4n) is 0.273. The molecule has 0 rings (SSSR count). The molecule has 12 heavy (non-hydrogen) atoms. The van der Waals surface area contributed by atoms with Crippen LogP contribution in [0.3, 0.4) is 0 Å². The average Bonchev–Trinajstić information content (AvgIpc) is 2.02. The standard InChI is InChI=1S/C3H2I6O3/c4-1(10)2(5,11-8)3(6,7)12-9/h1,10H. The fourth-order valence-corrected chi connectivity index (χ4v) is 5.58. The van der Waals surface area contributed by atoms with E-state index >= 15 is 0 Å². The van der Waals surface area contributed by atoms with Crippen molar-refractivity contribution in [2.75, 3.05) is 0 Å². The molecule has 9 heteroatoms. The van der Waals surface area contributed by atoms with Gasteiger partial charge in [-0.15, -0.1) is 0 Å². The lowest BCUT2D eigenvalue weighted by Crippen LogP contribution is -2.47. The Morgan fingerprint density at radius 2 is 1.50 bits per heavy atom. The van der Waals surface area contributed by atoms with Crippen LogP contribution in [-0.2, 0) is 6.13 Å². The van der Waals surface area contributed by atoms with Gasteiger partial charge in [-0.3, -0.25) is 6.13 Å². The lowest BCUT2D eigenvalue weighted by Gasteiger charge is -2.35. The fraction of sp³-hybridized carbons (Fsp3) is 1.00. The van der Waals surface area contributed by atoms with E-state index in [2.05, 4.69) is 45.2 Å². The number of rotatable bonds is 4. The minimum atomic E-state index is -0.770. The van der Waals surface area contributed by atoms with Gasteiger partial charge >= 0.3 is 0 Å². The Labute approximate surface area is 153 Å². The molecule has 74 valence electrons. The minimum absolute atomic E-state index is 0.606. The van der Waals surface area contributed by atoms with E-state index in [1.807, 2.05) is 45.2 Å². The SMILES string of the molecule is OC(I)C(I)(OI)C(I)(I)OI. The van der Waals surface area contributed by atoms with Gasteiger partial charge in [0.15, 0.2) is 0 Å². The zero-order valence-corrected chi connectivity index (χ0v) is 18.1. The number of aliphatic hydroxyl groups is 1. The Balaban J connectivity index is 4.74. The molecule has 0 aromatic heterocycles. The predicted octanol–water partition coefficient (Wildman–Crippen LogP) is 4.13. The summed E-state index contributed by atoms with van der Waals surface area (Å²) in [6, 6.07) is 0. The highest BCUT2D eigenvalue weighted by Crippen LogP contribution is 2.52. The van der Waals surface area contributed by atoms with Crippen molar-refractivity contribution in [3.05, 3.63) is 0 Å². The summed E-state index contributed by atoms with van der Waals surface area (Å²) in [4.78, 5) is 0. The average molecular weight is 847 g/mol. The maximum absolute atomic E-state index is 9.49. The maximum Gasteiger partial charge on any atom is 0.223 e. The summed E-state index contributed by atoms with van der Waals surface area (Å²) in [6.07, 6.45) is 0. The van der Waals surface area contributed by atoms with Gasteiger partial charge in [-0.1, -0.05) is 0 Å². The van der Waals surface area contributed by atoms with Gasteiger partial charge in [-0.25, -0.2) is 0 Å². The van der Waals surface area contributed by atoms with Crippen LogP contribution in [-0.4, -0.2) is 14.4 Å². The van der Waals surface area contributed by atoms with E-state index in [0.717, 1.165) is 0 Å². The zero-order valence-electron chi connectivity index (χ0n) is 5.11. The van der Waals surface area contributed by atoms with Crippen molar-refractivity contribution in [2.24, 2.45) is 0 Å². The van der Waals surface area contributed by atoms with E-state index in [1.165, 1.54) is 0 Å². The van der Waals surface area contributed by atoms with Crippen LogP contribution in [0.15, 0.2) is 0 Å². The van der Waals surface area contributed by atoms with Crippen molar-refractivity contribution in [1.29, 1.82) is 0 Å². The van der Waals surface area contributed by atoms with Crippen LogP contribution in [0.2, 0.25) is 0 Å². The molecule has 2 unspecified atom stereocenters. The number of aliphatic hydroxyl groups excluding tert-OH is 1. The van der Waals surface area contributed by atoms with Crippen LogP contribution < -0.4 is 0 Å². The monoisotopic (exact) mass is 847 g/mol. The largest absolute Gasteiger partial charge is 0.379 e. The third-order valence-corrected chi connectivity index (χ3v) is 12.5. The summed E-state index contributed by atoms with van der Waals surface area (Å²) in [6.45, 7) is 0. The molecule has 0 fully saturated rings. The van der Waals surface area contributed by atoms with Crippen LogP contribution in [0.5, 0.6) is 0 Å². The number of alkyl halides is 4. The first-order valence-corrected chi connectivity index (χ1v) is 8.54. The highest BCUT2D eigenvalue weighted by Gasteiger charge is 2.53. The lowest BCUT2D eigenvalue weighted by atomic mass is 10.4. The number of hydrogen-bond acceptors (Lipinski definition) is 3. The van der Waals surface area contributed by atoms with E-state index in [-0.39, 0.29) is 0 Å². The van der Waals surface area contributed by atoms with Gasteiger partial charge < -0.3 is 5.11 Å². The van der Waals surface area contributed by atoms with Gasteiger partial charge in [0.1, 0.15) is 50.1 Å². The Kier molecular flexibility index (Phi) is 9.30. The molecule has 0 bridgehead atoms. The van der Waals surface area contributed by atoms with Gasteiger partial charge in [-0.2, -0.15) is 0 Å². The molecular formula is C3H2I6O3. The Morgan fingerprint density at radius 3 is 1.58 bits per heavy atom. The third kappa shape index (κ3) is 3.93. The smallest absolute Gasteiger partial charge is 0.223 e. The Morgan fingerprint density at radius 1 is 1.08 bits per heavy atom. The van der Waals surface area contributed by atoms with Gasteiger partial charge in [0, 0.05) is 0 Å². The summed E-state index contributed by atoms with van der Waals surface area (Å²) < 4.78 is 8.39. The van der Waals surface area contributed by atoms with Crippen molar-refractivity contribution in [3.8, 4) is 0 Å². The summed E-state index contributed by atoms with van der Waals surface area (Å²) in [7, 11) is 0. The van der Waals surface area contributed by atoms with Crippen LogP contribution >= 0.6 is 136 Å². The lowest BCUT2D eigenvalue weighted by molar-refractivity contribution is 0.0810. The second-order valence-electron chi connectivity index (χ2n) is 1.65. The van der Waals surface area contributed by atoms with Crippen molar-refractivity contribution < 1.29 is 11.2 Å². The molecule has 0 aromatic carbocycles. The summed E-state index contributed by atoms with van der Waals surface area (Å²) in [5.74, 6) is 0. The van der Waals surface area contributed by atoms with E-state index in [9.17, 15) is 5.11 Å². The second kappa shape index (κ2) is 6.87. The molecule has 0 aliphatic carbocycles. The molecule has 0 aliphatic rings. The maximum atomic E-state index is 9.49. The van der Waals surface area contributed by atoms with E-state index in [4.69, 9.17) is 6.13 Å². The molecular weight excluding hydrogens is 845 g/mol.